The molecule has 1 aromatic rings. The third-order valence-corrected chi connectivity index (χ3v) is 3.23. The number of ether oxygens (including phenoxy) is 1. The van der Waals surface area contributed by atoms with E-state index in [-0.39, 0.29) is 6.61 Å². The monoisotopic (exact) mass is 257 g/mol. The first-order chi connectivity index (χ1) is 8.45. The molecule has 7 nitrogen and oxygen atoms in total. The second-order valence-corrected chi connectivity index (χ2v) is 4.68. The van der Waals surface area contributed by atoms with Crippen LogP contribution in [0.5, 0.6) is 0 Å². The first-order valence-electron chi connectivity index (χ1n) is 5.86. The average Bonchev–Trinajstić information content (AvgIpc) is 2.66. The summed E-state index contributed by atoms with van der Waals surface area (Å²) in [7, 11) is 0. The zero-order valence-electron chi connectivity index (χ0n) is 10.4. The van der Waals surface area contributed by atoms with Crippen LogP contribution in [0.1, 0.15) is 17.6 Å². The fraction of sp³-hybridized carbons (Fsp3) is 0.727. The van der Waals surface area contributed by atoms with E-state index < -0.39 is 30.6 Å². The average molecular weight is 257 g/mol. The van der Waals surface area contributed by atoms with E-state index in [1.54, 1.807) is 4.68 Å². The van der Waals surface area contributed by atoms with Gasteiger partial charge in [0.15, 0.2) is 6.23 Å². The minimum atomic E-state index is -1.20. The van der Waals surface area contributed by atoms with Gasteiger partial charge in [0.05, 0.1) is 18.3 Å². The van der Waals surface area contributed by atoms with Crippen molar-refractivity contribution in [3.63, 3.8) is 0 Å². The Kier molecular flexibility index (Phi) is 3.69. The molecule has 0 bridgehead atoms. The maximum Gasteiger partial charge on any atom is 0.168 e. The molecule has 0 radical (unpaired) electrons. The Hall–Kier alpha value is -0.990. The molecule has 0 spiro atoms. The Morgan fingerprint density at radius 1 is 1.39 bits per heavy atom. The van der Waals surface area contributed by atoms with Gasteiger partial charge >= 0.3 is 0 Å². The summed E-state index contributed by atoms with van der Waals surface area (Å²) in [5.41, 5.74) is 7.51. The summed E-state index contributed by atoms with van der Waals surface area (Å²) in [4.78, 5) is 0. The van der Waals surface area contributed by atoms with Crippen molar-refractivity contribution < 1.29 is 20.1 Å². The van der Waals surface area contributed by atoms with Gasteiger partial charge in [-0.2, -0.15) is 5.10 Å². The molecule has 102 valence electrons. The largest absolute Gasteiger partial charge is 0.394 e. The minimum absolute atomic E-state index is 0.388. The van der Waals surface area contributed by atoms with Gasteiger partial charge in [0.25, 0.3) is 0 Å². The van der Waals surface area contributed by atoms with Crippen molar-refractivity contribution in [1.29, 1.82) is 0 Å². The van der Waals surface area contributed by atoms with Crippen LogP contribution in [0.2, 0.25) is 0 Å². The van der Waals surface area contributed by atoms with Gasteiger partial charge in [0.1, 0.15) is 18.3 Å². The number of nitrogens with zero attached hydrogens (tertiary/aromatic N) is 2. The zero-order chi connectivity index (χ0) is 13.4. The Labute approximate surface area is 105 Å². The van der Waals surface area contributed by atoms with Crippen LogP contribution in [-0.2, 0) is 4.74 Å². The van der Waals surface area contributed by atoms with E-state index in [2.05, 4.69) is 5.10 Å². The molecule has 1 saturated heterocycles. The summed E-state index contributed by atoms with van der Waals surface area (Å²) in [6, 6.07) is 1.06. The molecule has 0 aliphatic carbocycles. The van der Waals surface area contributed by atoms with Crippen molar-refractivity contribution in [2.45, 2.75) is 44.4 Å². The van der Waals surface area contributed by atoms with E-state index in [0.717, 1.165) is 11.4 Å². The second-order valence-electron chi connectivity index (χ2n) is 4.68. The number of hydrogen-bond donors (Lipinski definition) is 4. The lowest BCUT2D eigenvalue weighted by atomic mass is 9.97. The van der Waals surface area contributed by atoms with Gasteiger partial charge in [0, 0.05) is 5.69 Å². The van der Waals surface area contributed by atoms with Crippen LogP contribution in [0.25, 0.3) is 0 Å². The lowest BCUT2D eigenvalue weighted by Gasteiger charge is -2.41. The standard InChI is InChI=1S/C11H19N3O4/c1-5-3-6(2)14(13-5)11-8(12)10(17)9(16)7(4-15)18-11/h3,7-11,15-17H,4,12H2,1-2H3/t7-,8-,9-,10-,11-/m1/s1. The van der Waals surface area contributed by atoms with Crippen LogP contribution in [-0.4, -0.2) is 56.1 Å². The topological polar surface area (TPSA) is 114 Å². The number of nitrogens with two attached hydrogens (primary N) is 1. The molecule has 1 aromatic heterocycles. The van der Waals surface area contributed by atoms with Crippen molar-refractivity contribution in [2.24, 2.45) is 5.73 Å². The van der Waals surface area contributed by atoms with Gasteiger partial charge in [-0.05, 0) is 19.9 Å². The smallest absolute Gasteiger partial charge is 0.168 e. The molecule has 5 atom stereocenters. The molecule has 5 N–H and O–H groups in total. The normalized spacial score (nSPS) is 36.9. The maximum absolute atomic E-state index is 9.87. The number of aromatic nitrogens is 2. The molecule has 18 heavy (non-hydrogen) atoms. The number of aliphatic hydroxyl groups is 3. The molecule has 2 heterocycles. The highest BCUT2D eigenvalue weighted by atomic mass is 16.5. The predicted octanol–water partition coefficient (Wildman–Crippen LogP) is -1.56. The van der Waals surface area contributed by atoms with Crippen LogP contribution in [0, 0.1) is 13.8 Å². The number of rotatable bonds is 2. The second kappa shape index (κ2) is 4.94. The van der Waals surface area contributed by atoms with Crippen molar-refractivity contribution in [3.05, 3.63) is 17.5 Å². The van der Waals surface area contributed by atoms with Gasteiger partial charge in [-0.1, -0.05) is 0 Å². The van der Waals surface area contributed by atoms with Gasteiger partial charge in [-0.3, -0.25) is 0 Å². The maximum atomic E-state index is 9.87. The number of hydrogen-bond acceptors (Lipinski definition) is 6. The third kappa shape index (κ3) is 2.15. The lowest BCUT2D eigenvalue weighted by molar-refractivity contribution is -0.213. The molecule has 0 saturated carbocycles. The molecule has 0 amide bonds. The summed E-state index contributed by atoms with van der Waals surface area (Å²) in [5.74, 6) is 0. The van der Waals surface area contributed by atoms with Crippen molar-refractivity contribution >= 4 is 0 Å². The van der Waals surface area contributed by atoms with Gasteiger partial charge in [0.2, 0.25) is 0 Å². The van der Waals surface area contributed by atoms with E-state index in [1.807, 2.05) is 19.9 Å². The highest BCUT2D eigenvalue weighted by Gasteiger charge is 2.43. The van der Waals surface area contributed by atoms with Crippen molar-refractivity contribution in [1.82, 2.24) is 9.78 Å². The lowest BCUT2D eigenvalue weighted by Crippen LogP contribution is -2.60. The quantitative estimate of drug-likeness (QED) is 0.509. The number of aliphatic hydroxyl groups excluding tert-OH is 3. The van der Waals surface area contributed by atoms with Gasteiger partial charge < -0.3 is 25.8 Å². The fourth-order valence-corrected chi connectivity index (χ4v) is 2.24. The first-order valence-corrected chi connectivity index (χ1v) is 5.86. The molecular weight excluding hydrogens is 238 g/mol. The molecule has 1 aliphatic rings. The molecule has 1 fully saturated rings. The molecule has 0 aromatic carbocycles. The SMILES string of the molecule is Cc1cc(C)n([C@@H]2O[C@H](CO)[C@@H](O)[C@H](O)[C@H]2N)n1. The van der Waals surface area contributed by atoms with E-state index in [4.69, 9.17) is 15.6 Å². The van der Waals surface area contributed by atoms with Gasteiger partial charge in [-0.25, -0.2) is 4.68 Å². The van der Waals surface area contributed by atoms with E-state index in [1.165, 1.54) is 0 Å². The Bertz CT molecular complexity index is 420. The summed E-state index contributed by atoms with van der Waals surface area (Å²) in [6.07, 6.45) is -3.93. The van der Waals surface area contributed by atoms with Crippen LogP contribution in [0.3, 0.4) is 0 Å². The van der Waals surface area contributed by atoms with Crippen molar-refractivity contribution in [3.8, 4) is 0 Å². The van der Waals surface area contributed by atoms with Crippen LogP contribution in [0.4, 0.5) is 0 Å². The van der Waals surface area contributed by atoms with E-state index in [9.17, 15) is 10.2 Å². The summed E-state index contributed by atoms with van der Waals surface area (Å²) in [5, 5.41) is 33.0. The van der Waals surface area contributed by atoms with Gasteiger partial charge in [-0.15, -0.1) is 0 Å². The highest BCUT2D eigenvalue weighted by molar-refractivity contribution is 5.08. The summed E-state index contributed by atoms with van der Waals surface area (Å²) >= 11 is 0. The Morgan fingerprint density at radius 2 is 2.06 bits per heavy atom. The zero-order valence-corrected chi connectivity index (χ0v) is 10.4. The molecule has 0 unspecified atom stereocenters. The first kappa shape index (κ1) is 13.4. The van der Waals surface area contributed by atoms with E-state index in [0.29, 0.717) is 0 Å². The van der Waals surface area contributed by atoms with Crippen LogP contribution >= 0.6 is 0 Å². The molecule has 1 aliphatic heterocycles. The Balaban J connectivity index is 2.29. The fourth-order valence-electron chi connectivity index (χ4n) is 2.24. The highest BCUT2D eigenvalue weighted by Crippen LogP contribution is 2.27. The molecule has 2 rings (SSSR count). The molecule has 7 heteroatoms. The predicted molar refractivity (Wildman–Crippen MR) is 62.7 cm³/mol. The number of aryl methyl sites for hydroxylation is 2. The third-order valence-electron chi connectivity index (χ3n) is 3.23. The molecular formula is C11H19N3O4. The van der Waals surface area contributed by atoms with Crippen LogP contribution < -0.4 is 5.73 Å². The Morgan fingerprint density at radius 3 is 2.56 bits per heavy atom. The summed E-state index contributed by atoms with van der Waals surface area (Å²) < 4.78 is 7.09. The van der Waals surface area contributed by atoms with Crippen LogP contribution in [0.15, 0.2) is 6.07 Å². The summed E-state index contributed by atoms with van der Waals surface area (Å²) in [6.45, 7) is 3.30. The van der Waals surface area contributed by atoms with Crippen molar-refractivity contribution in [2.75, 3.05) is 6.61 Å². The van der Waals surface area contributed by atoms with E-state index >= 15 is 0 Å². The minimum Gasteiger partial charge on any atom is -0.394 e.